The van der Waals surface area contributed by atoms with Crippen LogP contribution in [0.25, 0.3) is 11.0 Å². The first-order chi connectivity index (χ1) is 14.2. The molecule has 30 heavy (non-hydrogen) atoms. The van der Waals surface area contributed by atoms with Crippen LogP contribution in [0.2, 0.25) is 0 Å². The standard InChI is InChI=1S/C19H21F3N4O4/c20-19(21,22)9-30-13-3-1-2-11(7-13)24-16(27)10-6-14-15(23-8-10)26(12-4-5-12)18(29)25-17(14)28/h6,8,11-13H,1-5,7,9H2,(H,24,27)(H,25,28,29)/t11-,13+/m0/s1. The molecule has 0 radical (unpaired) electrons. The summed E-state index contributed by atoms with van der Waals surface area (Å²) >= 11 is 0. The number of H-pyrrole nitrogens is 1. The van der Waals surface area contributed by atoms with Crippen molar-refractivity contribution >= 4 is 16.9 Å². The molecule has 0 bridgehead atoms. The normalized spacial score (nSPS) is 22.2. The number of pyridine rings is 1. The third-order valence-corrected chi connectivity index (χ3v) is 5.40. The quantitative estimate of drug-likeness (QED) is 0.761. The summed E-state index contributed by atoms with van der Waals surface area (Å²) in [6.07, 6.45) is 0.0397. The Morgan fingerprint density at radius 1 is 1.27 bits per heavy atom. The van der Waals surface area contributed by atoms with Crippen molar-refractivity contribution in [1.29, 1.82) is 0 Å². The summed E-state index contributed by atoms with van der Waals surface area (Å²) in [5, 5.41) is 2.93. The Hall–Kier alpha value is -2.69. The zero-order valence-electron chi connectivity index (χ0n) is 16.0. The minimum absolute atomic E-state index is 0.0000953. The van der Waals surface area contributed by atoms with E-state index in [0.717, 1.165) is 12.8 Å². The highest BCUT2D eigenvalue weighted by Crippen LogP contribution is 2.34. The Morgan fingerprint density at radius 3 is 2.73 bits per heavy atom. The molecule has 2 N–H and O–H groups in total. The average molecular weight is 426 g/mol. The number of alkyl halides is 3. The van der Waals surface area contributed by atoms with Crippen molar-refractivity contribution in [2.75, 3.05) is 6.61 Å². The smallest absolute Gasteiger partial charge is 0.369 e. The van der Waals surface area contributed by atoms with Gasteiger partial charge in [0.05, 0.1) is 17.1 Å². The van der Waals surface area contributed by atoms with E-state index in [1.54, 1.807) is 0 Å². The third-order valence-electron chi connectivity index (χ3n) is 5.40. The number of rotatable bonds is 5. The van der Waals surface area contributed by atoms with Gasteiger partial charge in [0.15, 0.2) is 0 Å². The number of carbonyl (C=O) groups is 1. The van der Waals surface area contributed by atoms with Gasteiger partial charge in [-0.25, -0.2) is 9.78 Å². The van der Waals surface area contributed by atoms with Gasteiger partial charge in [0.25, 0.3) is 11.5 Å². The number of halogens is 3. The number of hydrogen-bond donors (Lipinski definition) is 2. The summed E-state index contributed by atoms with van der Waals surface area (Å²) in [4.78, 5) is 43.3. The van der Waals surface area contributed by atoms with E-state index in [1.807, 2.05) is 0 Å². The van der Waals surface area contributed by atoms with Gasteiger partial charge in [0, 0.05) is 18.3 Å². The molecule has 0 saturated heterocycles. The minimum atomic E-state index is -4.39. The molecule has 2 heterocycles. The fraction of sp³-hybridized carbons (Fsp3) is 0.579. The molecule has 8 nitrogen and oxygen atoms in total. The van der Waals surface area contributed by atoms with E-state index in [0.29, 0.717) is 19.3 Å². The summed E-state index contributed by atoms with van der Waals surface area (Å²) in [7, 11) is 0. The number of hydrogen-bond acceptors (Lipinski definition) is 5. The van der Waals surface area contributed by atoms with E-state index in [9.17, 15) is 27.6 Å². The molecule has 2 atom stereocenters. The first kappa shape index (κ1) is 20.6. The molecule has 11 heteroatoms. The molecule has 2 aliphatic carbocycles. The van der Waals surface area contributed by atoms with Gasteiger partial charge in [-0.2, -0.15) is 13.2 Å². The van der Waals surface area contributed by atoms with Gasteiger partial charge >= 0.3 is 11.9 Å². The topological polar surface area (TPSA) is 106 Å². The zero-order valence-corrected chi connectivity index (χ0v) is 16.0. The Bertz CT molecular complexity index is 1070. The van der Waals surface area contributed by atoms with Crippen LogP contribution in [0.5, 0.6) is 0 Å². The molecule has 0 spiro atoms. The lowest BCUT2D eigenvalue weighted by Crippen LogP contribution is -2.41. The molecule has 4 rings (SSSR count). The highest BCUT2D eigenvalue weighted by Gasteiger charge is 2.32. The maximum atomic E-state index is 12.6. The summed E-state index contributed by atoms with van der Waals surface area (Å²) in [5.74, 6) is -0.477. The number of nitrogens with zero attached hydrogens (tertiary/aromatic N) is 2. The van der Waals surface area contributed by atoms with Gasteiger partial charge in [-0.3, -0.25) is 19.1 Å². The summed E-state index contributed by atoms with van der Waals surface area (Å²) in [6, 6.07) is 1.05. The molecule has 2 fully saturated rings. The van der Waals surface area contributed by atoms with E-state index < -0.39 is 36.0 Å². The van der Waals surface area contributed by atoms with Crippen LogP contribution in [0, 0.1) is 0 Å². The van der Waals surface area contributed by atoms with Crippen LogP contribution in [0.3, 0.4) is 0 Å². The van der Waals surface area contributed by atoms with E-state index in [1.165, 1.54) is 16.8 Å². The second-order valence-electron chi connectivity index (χ2n) is 7.84. The Kier molecular flexibility index (Phi) is 5.39. The molecule has 0 aromatic carbocycles. The molecule has 2 aromatic rings. The second-order valence-corrected chi connectivity index (χ2v) is 7.84. The van der Waals surface area contributed by atoms with Crippen LogP contribution in [0.15, 0.2) is 21.9 Å². The molecule has 2 saturated carbocycles. The van der Waals surface area contributed by atoms with E-state index in [4.69, 9.17) is 4.74 Å². The maximum Gasteiger partial charge on any atom is 0.411 e. The van der Waals surface area contributed by atoms with Crippen molar-refractivity contribution in [2.45, 2.75) is 62.9 Å². The highest BCUT2D eigenvalue weighted by molar-refractivity contribution is 5.96. The Morgan fingerprint density at radius 2 is 2.03 bits per heavy atom. The number of aromatic amines is 1. The molecule has 2 aromatic heterocycles. The van der Waals surface area contributed by atoms with E-state index in [-0.39, 0.29) is 35.1 Å². The van der Waals surface area contributed by atoms with Crippen LogP contribution in [0.4, 0.5) is 13.2 Å². The SMILES string of the molecule is O=C(N[C@H]1CCC[C@@H](OCC(F)(F)F)C1)c1cnc2c(c1)c(=O)[nH]c(=O)n2C1CC1. The van der Waals surface area contributed by atoms with Gasteiger partial charge in [-0.1, -0.05) is 0 Å². The number of aromatic nitrogens is 3. The third kappa shape index (κ3) is 4.55. The summed E-state index contributed by atoms with van der Waals surface area (Å²) in [6.45, 7) is -1.31. The number of nitrogens with one attached hydrogen (secondary N) is 2. The fourth-order valence-corrected chi connectivity index (χ4v) is 3.84. The number of carbonyl (C=O) groups excluding carboxylic acids is 1. The lowest BCUT2D eigenvalue weighted by molar-refractivity contribution is -0.188. The van der Waals surface area contributed by atoms with Crippen molar-refractivity contribution in [1.82, 2.24) is 19.9 Å². The van der Waals surface area contributed by atoms with E-state index >= 15 is 0 Å². The zero-order chi connectivity index (χ0) is 21.5. The monoisotopic (exact) mass is 426 g/mol. The first-order valence-electron chi connectivity index (χ1n) is 9.85. The van der Waals surface area contributed by atoms with Crippen LogP contribution < -0.4 is 16.6 Å². The first-order valence-corrected chi connectivity index (χ1v) is 9.85. The van der Waals surface area contributed by atoms with Crippen molar-refractivity contribution < 1.29 is 22.7 Å². The molecule has 2 aliphatic rings. The Labute approximate surface area is 168 Å². The number of ether oxygens (including phenoxy) is 1. The van der Waals surface area contributed by atoms with Gasteiger partial charge in [0.1, 0.15) is 12.3 Å². The minimum Gasteiger partial charge on any atom is -0.369 e. The maximum absolute atomic E-state index is 12.6. The second kappa shape index (κ2) is 7.86. The lowest BCUT2D eigenvalue weighted by atomic mass is 9.92. The molecule has 162 valence electrons. The predicted octanol–water partition coefficient (Wildman–Crippen LogP) is 2.04. The predicted molar refractivity (Wildman–Crippen MR) is 100 cm³/mol. The Balaban J connectivity index is 1.48. The van der Waals surface area contributed by atoms with Crippen LogP contribution in [-0.2, 0) is 4.74 Å². The van der Waals surface area contributed by atoms with Crippen molar-refractivity contribution in [3.63, 3.8) is 0 Å². The molecule has 0 unspecified atom stereocenters. The van der Waals surface area contributed by atoms with Crippen molar-refractivity contribution in [3.8, 4) is 0 Å². The average Bonchev–Trinajstić information content (AvgIpc) is 3.51. The lowest BCUT2D eigenvalue weighted by Gasteiger charge is -2.30. The summed E-state index contributed by atoms with van der Waals surface area (Å²) in [5.41, 5.74) is -0.757. The van der Waals surface area contributed by atoms with E-state index in [2.05, 4.69) is 15.3 Å². The van der Waals surface area contributed by atoms with Gasteiger partial charge < -0.3 is 10.1 Å². The van der Waals surface area contributed by atoms with Gasteiger partial charge in [-0.15, -0.1) is 0 Å². The number of fused-ring (bicyclic) bond motifs is 1. The highest BCUT2D eigenvalue weighted by atomic mass is 19.4. The fourth-order valence-electron chi connectivity index (χ4n) is 3.84. The molecular weight excluding hydrogens is 405 g/mol. The van der Waals surface area contributed by atoms with Crippen LogP contribution in [0.1, 0.15) is 54.9 Å². The van der Waals surface area contributed by atoms with Crippen LogP contribution >= 0.6 is 0 Å². The molecular formula is C19H21F3N4O4. The molecule has 1 amide bonds. The van der Waals surface area contributed by atoms with Gasteiger partial charge in [0.2, 0.25) is 0 Å². The van der Waals surface area contributed by atoms with Gasteiger partial charge in [-0.05, 0) is 44.6 Å². The summed E-state index contributed by atoms with van der Waals surface area (Å²) < 4.78 is 43.4. The largest absolute Gasteiger partial charge is 0.411 e. The van der Waals surface area contributed by atoms with Crippen molar-refractivity contribution in [3.05, 3.63) is 38.7 Å². The number of amides is 1. The molecule has 0 aliphatic heterocycles. The van der Waals surface area contributed by atoms with Crippen LogP contribution in [-0.4, -0.2) is 45.4 Å². The van der Waals surface area contributed by atoms with Crippen molar-refractivity contribution in [2.24, 2.45) is 0 Å².